The molecule has 3 rings (SSSR count). The fourth-order valence-electron chi connectivity index (χ4n) is 2.61. The van der Waals surface area contributed by atoms with E-state index in [1.165, 1.54) is 32.2 Å². The number of ether oxygens (including phenoxy) is 1. The maximum absolute atomic E-state index is 14.1. The number of amides is 1. The van der Waals surface area contributed by atoms with Gasteiger partial charge in [0.2, 0.25) is 5.82 Å². The van der Waals surface area contributed by atoms with Crippen molar-refractivity contribution < 1.29 is 36.6 Å². The van der Waals surface area contributed by atoms with Crippen LogP contribution < -0.4 is 9.75 Å². The van der Waals surface area contributed by atoms with Crippen molar-refractivity contribution in [3.05, 3.63) is 56.8 Å². The number of anilines is 1. The van der Waals surface area contributed by atoms with Crippen molar-refractivity contribution in [1.29, 1.82) is 0 Å². The molecule has 11 heteroatoms. The zero-order valence-electron chi connectivity index (χ0n) is 14.7. The molecule has 1 amide bonds. The molecule has 0 fully saturated rings. The number of rotatable bonds is 3. The summed E-state index contributed by atoms with van der Waals surface area (Å²) in [5, 5.41) is 13.6. The minimum Gasteiger partial charge on any atom is -0.503 e. The molecule has 1 aliphatic rings. The zero-order valence-corrected chi connectivity index (χ0v) is 16.2. The fourth-order valence-corrected chi connectivity index (χ4v) is 3.07. The number of carbonyl (C=O) groups excluding carboxylic acids is 1. The van der Waals surface area contributed by atoms with E-state index in [1.54, 1.807) is 0 Å². The third-order valence-electron chi connectivity index (χ3n) is 4.04. The predicted octanol–water partition coefficient (Wildman–Crippen LogP) is 4.66. The lowest BCUT2D eigenvalue weighted by atomic mass is 10.1. The van der Waals surface area contributed by atoms with Gasteiger partial charge >= 0.3 is 0 Å². The van der Waals surface area contributed by atoms with Crippen molar-refractivity contribution in [3.8, 4) is 11.5 Å². The van der Waals surface area contributed by atoms with Crippen LogP contribution in [0.15, 0.2) is 27.3 Å². The summed E-state index contributed by atoms with van der Waals surface area (Å²) in [4.78, 5) is 12.6. The number of methoxy groups -OCH3 is 1. The second kappa shape index (κ2) is 7.47. The minimum absolute atomic E-state index is 0.0258. The number of hydrogen-bond acceptors (Lipinski definition) is 4. The molecule has 0 saturated heterocycles. The standard InChI is InChI=1S/C18H10BrF5N2O3/c1-6-8(3-7-4-9(19)17(27)10(5-7)29-2)18(28)26(25-6)16-14(23)12(21)11(20)13(22)15(16)24/h3-5,27H,1-2H3/b8-3+. The first-order valence-corrected chi connectivity index (χ1v) is 8.57. The van der Waals surface area contributed by atoms with Gasteiger partial charge in [-0.2, -0.15) is 10.1 Å². The Morgan fingerprint density at radius 1 is 1.07 bits per heavy atom. The van der Waals surface area contributed by atoms with Crippen LogP contribution in [0.5, 0.6) is 11.5 Å². The third-order valence-corrected chi connectivity index (χ3v) is 4.65. The highest BCUT2D eigenvalue weighted by atomic mass is 79.9. The molecule has 0 aromatic heterocycles. The molecule has 152 valence electrons. The highest BCUT2D eigenvalue weighted by Crippen LogP contribution is 2.37. The second-order valence-electron chi connectivity index (χ2n) is 5.83. The highest BCUT2D eigenvalue weighted by molar-refractivity contribution is 9.10. The maximum atomic E-state index is 14.1. The number of hydrogen-bond donors (Lipinski definition) is 1. The van der Waals surface area contributed by atoms with Gasteiger partial charge in [-0.15, -0.1) is 0 Å². The molecule has 2 aromatic rings. The van der Waals surface area contributed by atoms with Gasteiger partial charge in [-0.25, -0.2) is 22.0 Å². The molecule has 0 bridgehead atoms. The van der Waals surface area contributed by atoms with Gasteiger partial charge in [0.15, 0.2) is 34.8 Å². The van der Waals surface area contributed by atoms with Crippen molar-refractivity contribution in [1.82, 2.24) is 0 Å². The number of nitrogens with zero attached hydrogens (tertiary/aromatic N) is 2. The molecular weight excluding hydrogens is 467 g/mol. The van der Waals surface area contributed by atoms with E-state index in [-0.39, 0.29) is 32.3 Å². The summed E-state index contributed by atoms with van der Waals surface area (Å²) in [7, 11) is 1.30. The molecule has 29 heavy (non-hydrogen) atoms. The Morgan fingerprint density at radius 3 is 2.17 bits per heavy atom. The quantitative estimate of drug-likeness (QED) is 0.303. The maximum Gasteiger partial charge on any atom is 0.280 e. The van der Waals surface area contributed by atoms with Crippen LogP contribution >= 0.6 is 15.9 Å². The first-order valence-electron chi connectivity index (χ1n) is 7.78. The Balaban J connectivity index is 2.10. The Hall–Kier alpha value is -2.95. The molecule has 5 nitrogen and oxygen atoms in total. The zero-order chi connectivity index (χ0) is 21.6. The number of phenols is 1. The third kappa shape index (κ3) is 3.35. The van der Waals surface area contributed by atoms with Crippen LogP contribution in [0.25, 0.3) is 6.08 Å². The molecule has 0 atom stereocenters. The lowest BCUT2D eigenvalue weighted by Gasteiger charge is -2.15. The summed E-state index contributed by atoms with van der Waals surface area (Å²) >= 11 is 3.10. The molecular formula is C18H10BrF5N2O3. The molecule has 1 N–H and O–H groups in total. The average Bonchev–Trinajstić information content (AvgIpc) is 2.95. The number of hydrazone groups is 1. The molecule has 0 aliphatic carbocycles. The number of aromatic hydroxyl groups is 1. The lowest BCUT2D eigenvalue weighted by Crippen LogP contribution is -2.25. The monoisotopic (exact) mass is 476 g/mol. The summed E-state index contributed by atoms with van der Waals surface area (Å²) < 4.78 is 73.5. The van der Waals surface area contributed by atoms with Crippen LogP contribution in [-0.2, 0) is 4.79 Å². The Labute approximate surface area is 168 Å². The van der Waals surface area contributed by atoms with E-state index in [2.05, 4.69) is 21.0 Å². The van der Waals surface area contributed by atoms with Crippen molar-refractivity contribution in [2.24, 2.45) is 5.10 Å². The summed E-state index contributed by atoms with van der Waals surface area (Å²) in [5.74, 6) is -12.3. The van der Waals surface area contributed by atoms with Crippen LogP contribution in [0.1, 0.15) is 12.5 Å². The van der Waals surface area contributed by atoms with E-state index in [0.29, 0.717) is 5.56 Å². The van der Waals surface area contributed by atoms with Gasteiger partial charge in [-0.1, -0.05) is 0 Å². The van der Waals surface area contributed by atoms with Gasteiger partial charge in [0, 0.05) is 0 Å². The van der Waals surface area contributed by atoms with Crippen molar-refractivity contribution >= 4 is 39.3 Å². The van der Waals surface area contributed by atoms with Crippen LogP contribution in [-0.4, -0.2) is 23.8 Å². The largest absolute Gasteiger partial charge is 0.503 e. The van der Waals surface area contributed by atoms with Gasteiger partial charge in [0.25, 0.3) is 5.91 Å². The summed E-state index contributed by atoms with van der Waals surface area (Å²) in [6.07, 6.45) is 1.26. The van der Waals surface area contributed by atoms with E-state index < -0.39 is 40.7 Å². The first kappa shape index (κ1) is 20.8. The topological polar surface area (TPSA) is 62.1 Å². The number of benzene rings is 2. The molecule has 0 spiro atoms. The van der Waals surface area contributed by atoms with E-state index in [1.807, 2.05) is 0 Å². The van der Waals surface area contributed by atoms with Crippen molar-refractivity contribution in [3.63, 3.8) is 0 Å². The summed E-state index contributed by atoms with van der Waals surface area (Å²) in [6, 6.07) is 2.79. The molecule has 1 aliphatic heterocycles. The van der Waals surface area contributed by atoms with Gasteiger partial charge < -0.3 is 9.84 Å². The van der Waals surface area contributed by atoms with Crippen LogP contribution in [0.2, 0.25) is 0 Å². The number of halogens is 6. The number of phenolic OH excluding ortho intramolecular Hbond substituents is 1. The van der Waals surface area contributed by atoms with Gasteiger partial charge in [-0.05, 0) is 46.6 Å². The van der Waals surface area contributed by atoms with Crippen LogP contribution in [0.3, 0.4) is 0 Å². The predicted molar refractivity (Wildman–Crippen MR) is 97.2 cm³/mol. The van der Waals surface area contributed by atoms with Gasteiger partial charge in [-0.3, -0.25) is 4.79 Å². The van der Waals surface area contributed by atoms with Crippen LogP contribution in [0, 0.1) is 29.1 Å². The summed E-state index contributed by atoms with van der Waals surface area (Å²) in [5.41, 5.74) is -1.32. The number of carbonyl (C=O) groups is 1. The minimum atomic E-state index is -2.34. The van der Waals surface area contributed by atoms with E-state index in [0.717, 1.165) is 0 Å². The molecule has 0 unspecified atom stereocenters. The lowest BCUT2D eigenvalue weighted by molar-refractivity contribution is -0.114. The molecule has 2 aromatic carbocycles. The smallest absolute Gasteiger partial charge is 0.280 e. The SMILES string of the molecule is COc1cc(/C=C2/C(=O)N(c3c(F)c(F)c(F)c(F)c3F)N=C2C)cc(Br)c1O. The van der Waals surface area contributed by atoms with E-state index >= 15 is 0 Å². The Bertz CT molecular complexity index is 1090. The van der Waals surface area contributed by atoms with Crippen molar-refractivity contribution in [2.45, 2.75) is 6.92 Å². The normalized spacial score (nSPS) is 15.3. The average molecular weight is 477 g/mol. The van der Waals surface area contributed by atoms with Gasteiger partial charge in [0.05, 0.1) is 22.9 Å². The van der Waals surface area contributed by atoms with Crippen LogP contribution in [0.4, 0.5) is 27.6 Å². The molecule has 0 radical (unpaired) electrons. The Kier molecular flexibility index (Phi) is 5.35. The Morgan fingerprint density at radius 2 is 1.62 bits per heavy atom. The van der Waals surface area contributed by atoms with E-state index in [9.17, 15) is 31.9 Å². The molecule has 1 heterocycles. The fraction of sp³-hybridized carbons (Fsp3) is 0.111. The summed E-state index contributed by atoms with van der Waals surface area (Å²) in [6.45, 7) is 1.32. The van der Waals surface area contributed by atoms with Gasteiger partial charge in [0.1, 0.15) is 5.69 Å². The highest BCUT2D eigenvalue weighted by Gasteiger charge is 2.37. The van der Waals surface area contributed by atoms with Crippen molar-refractivity contribution in [2.75, 3.05) is 12.1 Å². The van der Waals surface area contributed by atoms with E-state index in [4.69, 9.17) is 4.74 Å². The first-order chi connectivity index (χ1) is 13.6. The second-order valence-corrected chi connectivity index (χ2v) is 6.69. The molecule has 0 saturated carbocycles.